The van der Waals surface area contributed by atoms with Crippen molar-refractivity contribution in [1.29, 1.82) is 0 Å². The summed E-state index contributed by atoms with van der Waals surface area (Å²) in [6, 6.07) is 15.5. The topological polar surface area (TPSA) is 87.7 Å². The Kier molecular flexibility index (Phi) is 6.83. The second-order valence-corrected chi connectivity index (χ2v) is 5.52. The Hall–Kier alpha value is -3.02. The first-order valence-corrected chi connectivity index (χ1v) is 8.11. The average molecular weight is 342 g/mol. The number of urea groups is 1. The summed E-state index contributed by atoms with van der Waals surface area (Å²) in [5.74, 6) is -0.369. The summed E-state index contributed by atoms with van der Waals surface area (Å²) < 4.78 is 5.70. The van der Waals surface area contributed by atoms with E-state index in [0.29, 0.717) is 18.9 Å². The van der Waals surface area contributed by atoms with Gasteiger partial charge in [-0.3, -0.25) is 0 Å². The lowest BCUT2D eigenvalue weighted by molar-refractivity contribution is -0.139. The summed E-state index contributed by atoms with van der Waals surface area (Å²) in [6.07, 6.45) is 0.200. The number of benzene rings is 2. The Balaban J connectivity index is 1.91. The fourth-order valence-corrected chi connectivity index (χ4v) is 2.27. The lowest BCUT2D eigenvalue weighted by Gasteiger charge is -2.15. The smallest absolute Gasteiger partial charge is 0.326 e. The Labute approximate surface area is 146 Å². The predicted octanol–water partition coefficient (Wildman–Crippen LogP) is 2.58. The Morgan fingerprint density at radius 1 is 1.04 bits per heavy atom. The zero-order chi connectivity index (χ0) is 18.1. The molecule has 2 rings (SSSR count). The SMILES string of the molecule is CCNC(=O)NC(Cc1ccc(OCc2ccccc2)cc1)C(=O)O. The van der Waals surface area contributed by atoms with Gasteiger partial charge in [0.15, 0.2) is 0 Å². The molecule has 2 aromatic carbocycles. The number of amides is 2. The molecule has 0 radical (unpaired) electrons. The number of hydrogen-bond donors (Lipinski definition) is 3. The highest BCUT2D eigenvalue weighted by atomic mass is 16.5. The molecule has 0 heterocycles. The number of nitrogens with one attached hydrogen (secondary N) is 2. The summed E-state index contributed by atoms with van der Waals surface area (Å²) in [6.45, 7) is 2.67. The first-order valence-electron chi connectivity index (χ1n) is 8.11. The van der Waals surface area contributed by atoms with Crippen LogP contribution in [0.1, 0.15) is 18.1 Å². The molecule has 0 bridgehead atoms. The maximum absolute atomic E-state index is 11.5. The van der Waals surface area contributed by atoms with Gasteiger partial charge in [-0.25, -0.2) is 9.59 Å². The third-order valence-electron chi connectivity index (χ3n) is 3.55. The number of hydrogen-bond acceptors (Lipinski definition) is 3. The molecule has 0 aliphatic rings. The minimum Gasteiger partial charge on any atom is -0.489 e. The van der Waals surface area contributed by atoms with Crippen LogP contribution in [0, 0.1) is 0 Å². The normalized spacial score (nSPS) is 11.4. The first-order chi connectivity index (χ1) is 12.1. The van der Waals surface area contributed by atoms with Crippen LogP contribution >= 0.6 is 0 Å². The van der Waals surface area contributed by atoms with Gasteiger partial charge in [0.1, 0.15) is 18.4 Å². The van der Waals surface area contributed by atoms with Crippen molar-refractivity contribution in [3.63, 3.8) is 0 Å². The number of ether oxygens (including phenoxy) is 1. The van der Waals surface area contributed by atoms with E-state index in [1.54, 1.807) is 31.2 Å². The van der Waals surface area contributed by atoms with E-state index in [1.165, 1.54) is 0 Å². The largest absolute Gasteiger partial charge is 0.489 e. The van der Waals surface area contributed by atoms with Gasteiger partial charge in [0.05, 0.1) is 0 Å². The van der Waals surface area contributed by atoms with Crippen molar-refractivity contribution < 1.29 is 19.4 Å². The molecule has 1 atom stereocenters. The second-order valence-electron chi connectivity index (χ2n) is 5.52. The first kappa shape index (κ1) is 18.3. The fourth-order valence-electron chi connectivity index (χ4n) is 2.27. The second kappa shape index (κ2) is 9.32. The van der Waals surface area contributed by atoms with Crippen molar-refractivity contribution in [1.82, 2.24) is 10.6 Å². The molecule has 0 saturated heterocycles. The van der Waals surface area contributed by atoms with Gasteiger partial charge in [-0.2, -0.15) is 0 Å². The number of aliphatic carboxylic acids is 1. The van der Waals surface area contributed by atoms with Gasteiger partial charge >= 0.3 is 12.0 Å². The van der Waals surface area contributed by atoms with E-state index in [0.717, 1.165) is 11.1 Å². The fraction of sp³-hybridized carbons (Fsp3) is 0.263. The minimum absolute atomic E-state index is 0.200. The van der Waals surface area contributed by atoms with Crippen LogP contribution in [0.3, 0.4) is 0 Å². The Morgan fingerprint density at radius 3 is 2.32 bits per heavy atom. The Morgan fingerprint density at radius 2 is 1.72 bits per heavy atom. The van der Waals surface area contributed by atoms with E-state index in [-0.39, 0.29) is 6.42 Å². The number of rotatable bonds is 8. The van der Waals surface area contributed by atoms with E-state index in [9.17, 15) is 14.7 Å². The van der Waals surface area contributed by atoms with Crippen LogP contribution in [0.25, 0.3) is 0 Å². The number of carboxylic acids is 1. The summed E-state index contributed by atoms with van der Waals surface area (Å²) >= 11 is 0. The lowest BCUT2D eigenvalue weighted by Crippen LogP contribution is -2.47. The van der Waals surface area contributed by atoms with Gasteiger partial charge in [0.25, 0.3) is 0 Å². The van der Waals surface area contributed by atoms with E-state index < -0.39 is 18.0 Å². The van der Waals surface area contributed by atoms with Gasteiger partial charge in [0, 0.05) is 13.0 Å². The summed E-state index contributed by atoms with van der Waals surface area (Å²) in [5.41, 5.74) is 1.87. The van der Waals surface area contributed by atoms with Gasteiger partial charge in [0.2, 0.25) is 0 Å². The minimum atomic E-state index is -1.07. The molecule has 2 amide bonds. The molecular weight excluding hydrogens is 320 g/mol. The molecule has 0 fully saturated rings. The standard InChI is InChI=1S/C19H22N2O4/c1-2-20-19(24)21-17(18(22)23)12-14-8-10-16(11-9-14)25-13-15-6-4-3-5-7-15/h3-11,17H,2,12-13H2,1H3,(H,22,23)(H2,20,21,24). The van der Waals surface area contributed by atoms with Gasteiger partial charge in [-0.15, -0.1) is 0 Å². The molecule has 0 spiro atoms. The molecule has 6 nitrogen and oxygen atoms in total. The van der Waals surface area contributed by atoms with Crippen LogP contribution in [0.5, 0.6) is 5.75 Å². The van der Waals surface area contributed by atoms with Crippen LogP contribution in [0.4, 0.5) is 4.79 Å². The predicted molar refractivity (Wildman–Crippen MR) is 94.6 cm³/mol. The van der Waals surface area contributed by atoms with E-state index in [1.807, 2.05) is 30.3 Å². The van der Waals surface area contributed by atoms with Crippen LogP contribution in [0.2, 0.25) is 0 Å². The van der Waals surface area contributed by atoms with Crippen LogP contribution < -0.4 is 15.4 Å². The maximum atomic E-state index is 11.5. The van der Waals surface area contributed by atoms with Crippen LogP contribution in [-0.4, -0.2) is 29.7 Å². The highest BCUT2D eigenvalue weighted by Gasteiger charge is 2.20. The molecule has 132 valence electrons. The van der Waals surface area contributed by atoms with Crippen molar-refractivity contribution in [2.24, 2.45) is 0 Å². The third-order valence-corrected chi connectivity index (χ3v) is 3.55. The average Bonchev–Trinajstić information content (AvgIpc) is 2.61. The molecule has 25 heavy (non-hydrogen) atoms. The van der Waals surface area contributed by atoms with Crippen molar-refractivity contribution in [3.8, 4) is 5.75 Å². The van der Waals surface area contributed by atoms with Crippen molar-refractivity contribution >= 4 is 12.0 Å². The highest BCUT2D eigenvalue weighted by molar-refractivity contribution is 5.82. The summed E-state index contributed by atoms with van der Waals surface area (Å²) in [5, 5.41) is 14.2. The molecular formula is C19H22N2O4. The summed E-state index contributed by atoms with van der Waals surface area (Å²) in [7, 11) is 0. The third kappa shape index (κ3) is 6.18. The lowest BCUT2D eigenvalue weighted by atomic mass is 10.1. The van der Waals surface area contributed by atoms with E-state index in [4.69, 9.17) is 4.74 Å². The molecule has 3 N–H and O–H groups in total. The van der Waals surface area contributed by atoms with Crippen LogP contribution in [0.15, 0.2) is 54.6 Å². The summed E-state index contributed by atoms with van der Waals surface area (Å²) in [4.78, 5) is 22.8. The number of carbonyl (C=O) groups excluding carboxylic acids is 1. The Bertz CT molecular complexity index is 686. The zero-order valence-electron chi connectivity index (χ0n) is 14.1. The maximum Gasteiger partial charge on any atom is 0.326 e. The van der Waals surface area contributed by atoms with Gasteiger partial charge < -0.3 is 20.5 Å². The monoisotopic (exact) mass is 342 g/mol. The zero-order valence-corrected chi connectivity index (χ0v) is 14.1. The highest BCUT2D eigenvalue weighted by Crippen LogP contribution is 2.15. The number of carboxylic acid groups (broad SMARTS) is 1. The molecule has 0 aliphatic heterocycles. The van der Waals surface area contributed by atoms with E-state index in [2.05, 4.69) is 10.6 Å². The van der Waals surface area contributed by atoms with E-state index >= 15 is 0 Å². The van der Waals surface area contributed by atoms with Crippen molar-refractivity contribution in [2.75, 3.05) is 6.54 Å². The molecule has 1 unspecified atom stereocenters. The van der Waals surface area contributed by atoms with Crippen LogP contribution in [-0.2, 0) is 17.8 Å². The quantitative estimate of drug-likeness (QED) is 0.688. The van der Waals surface area contributed by atoms with Crippen molar-refractivity contribution in [3.05, 3.63) is 65.7 Å². The molecule has 0 aliphatic carbocycles. The number of carbonyl (C=O) groups is 2. The van der Waals surface area contributed by atoms with Crippen molar-refractivity contribution in [2.45, 2.75) is 26.0 Å². The molecule has 6 heteroatoms. The molecule has 0 aromatic heterocycles. The molecule has 0 saturated carbocycles. The van der Waals surface area contributed by atoms with Gasteiger partial charge in [-0.1, -0.05) is 42.5 Å². The van der Waals surface area contributed by atoms with Gasteiger partial charge in [-0.05, 0) is 30.2 Å². The molecule has 2 aromatic rings.